The molecule has 4 N–H and O–H groups in total. The number of benzene rings is 2. The molecule has 3 rings (SSSR count). The van der Waals surface area contributed by atoms with Gasteiger partial charge in [0, 0.05) is 50.1 Å². The summed E-state index contributed by atoms with van der Waals surface area (Å²) in [5, 5.41) is 33.8. The van der Waals surface area contributed by atoms with Crippen LogP contribution in [0.25, 0.3) is 0 Å². The molecule has 12 nitrogen and oxygen atoms in total. The zero-order chi connectivity index (χ0) is 25.9. The lowest BCUT2D eigenvalue weighted by Gasteiger charge is -2.27. The fourth-order valence-corrected chi connectivity index (χ4v) is 4.29. The van der Waals surface area contributed by atoms with Gasteiger partial charge in [0.05, 0.1) is 9.85 Å². The van der Waals surface area contributed by atoms with Crippen LogP contribution in [0.15, 0.2) is 48.5 Å². The van der Waals surface area contributed by atoms with Gasteiger partial charge >= 0.3 is 0 Å². The van der Waals surface area contributed by atoms with E-state index in [1.807, 2.05) is 0 Å². The highest BCUT2D eigenvalue weighted by Crippen LogP contribution is 2.29. The average molecular weight is 499 g/mol. The lowest BCUT2D eigenvalue weighted by molar-refractivity contribution is -0.384. The predicted molar refractivity (Wildman–Crippen MR) is 135 cm³/mol. The molecule has 2 aromatic carbocycles. The number of anilines is 2. The third-order valence-corrected chi connectivity index (χ3v) is 6.10. The van der Waals surface area contributed by atoms with Gasteiger partial charge in [0.1, 0.15) is 11.4 Å². The van der Waals surface area contributed by atoms with Crippen LogP contribution in [0.4, 0.5) is 22.7 Å². The second-order valence-electron chi connectivity index (χ2n) is 8.54. The molecule has 1 aliphatic rings. The molecular weight excluding hydrogens is 468 g/mol. The van der Waals surface area contributed by atoms with Crippen LogP contribution in [0, 0.1) is 32.1 Å². The van der Waals surface area contributed by atoms with Crippen LogP contribution in [-0.2, 0) is 9.59 Å². The van der Waals surface area contributed by atoms with Crippen molar-refractivity contribution in [3.8, 4) is 0 Å². The molecular formula is C24H30N6O6. The van der Waals surface area contributed by atoms with E-state index in [1.165, 1.54) is 12.1 Å². The number of nitrogens with one attached hydrogen (secondary N) is 4. The molecule has 0 spiro atoms. The van der Waals surface area contributed by atoms with Gasteiger partial charge in [-0.25, -0.2) is 0 Å². The molecule has 0 bridgehead atoms. The van der Waals surface area contributed by atoms with Gasteiger partial charge in [-0.15, -0.1) is 0 Å². The molecule has 36 heavy (non-hydrogen) atoms. The Balaban J connectivity index is 1.38. The number of para-hydroxylation sites is 4. The Kier molecular flexibility index (Phi) is 9.55. The third kappa shape index (κ3) is 7.39. The highest BCUT2D eigenvalue weighted by atomic mass is 16.6. The van der Waals surface area contributed by atoms with E-state index in [0.717, 1.165) is 6.42 Å². The second-order valence-corrected chi connectivity index (χ2v) is 8.54. The van der Waals surface area contributed by atoms with Gasteiger partial charge in [0.15, 0.2) is 0 Å². The number of nitro benzene ring substituents is 2. The quantitative estimate of drug-likeness (QED) is 0.197. The van der Waals surface area contributed by atoms with Gasteiger partial charge in [-0.1, -0.05) is 30.7 Å². The standard InChI is InChI=1S/C24H30N6O6/c31-23(27-14-12-25-19-8-1-3-10-21(19)29(33)34)17-6-5-7-18(16-17)24(32)28-15-13-26-20-9-2-4-11-22(20)30(35)36/h1-4,8-11,17-18,25-26H,5-7,12-16H2,(H,27,31)(H,28,32). The molecule has 1 saturated carbocycles. The van der Waals surface area contributed by atoms with E-state index < -0.39 is 9.85 Å². The lowest BCUT2D eigenvalue weighted by Crippen LogP contribution is -2.40. The molecule has 12 heteroatoms. The van der Waals surface area contributed by atoms with Crippen molar-refractivity contribution in [3.05, 3.63) is 68.8 Å². The van der Waals surface area contributed by atoms with Gasteiger partial charge in [-0.2, -0.15) is 0 Å². The number of nitrogens with zero attached hydrogens (tertiary/aromatic N) is 2. The summed E-state index contributed by atoms with van der Waals surface area (Å²) >= 11 is 0. The number of hydrogen-bond donors (Lipinski definition) is 4. The number of amides is 2. The SMILES string of the molecule is O=C(NCCNc1ccccc1[N+](=O)[O-])C1CCCC(C(=O)NCCNc2ccccc2[N+](=O)[O-])C1. The van der Waals surface area contributed by atoms with E-state index in [2.05, 4.69) is 21.3 Å². The Labute approximate surface area is 208 Å². The maximum atomic E-state index is 12.6. The molecule has 0 saturated heterocycles. The van der Waals surface area contributed by atoms with Crippen LogP contribution in [0.5, 0.6) is 0 Å². The minimum atomic E-state index is -0.463. The van der Waals surface area contributed by atoms with Crippen molar-refractivity contribution in [2.75, 3.05) is 36.8 Å². The first-order chi connectivity index (χ1) is 17.4. The first-order valence-corrected chi connectivity index (χ1v) is 11.9. The minimum Gasteiger partial charge on any atom is -0.378 e. The Morgan fingerprint density at radius 2 is 1.14 bits per heavy atom. The molecule has 0 aromatic heterocycles. The van der Waals surface area contributed by atoms with Crippen molar-refractivity contribution >= 4 is 34.6 Å². The normalized spacial score (nSPS) is 17.0. The van der Waals surface area contributed by atoms with Crippen molar-refractivity contribution in [2.24, 2.45) is 11.8 Å². The van der Waals surface area contributed by atoms with Crippen LogP contribution >= 0.6 is 0 Å². The number of carbonyl (C=O) groups is 2. The minimum absolute atomic E-state index is 0.0258. The topological polar surface area (TPSA) is 169 Å². The maximum Gasteiger partial charge on any atom is 0.292 e. The zero-order valence-electron chi connectivity index (χ0n) is 19.8. The molecule has 2 amide bonds. The first kappa shape index (κ1) is 26.4. The summed E-state index contributed by atoms with van der Waals surface area (Å²) in [7, 11) is 0. The number of rotatable bonds is 12. The van der Waals surface area contributed by atoms with Crippen molar-refractivity contribution in [1.82, 2.24) is 10.6 Å². The smallest absolute Gasteiger partial charge is 0.292 e. The molecule has 0 radical (unpaired) electrons. The Hall–Kier alpha value is -4.22. The van der Waals surface area contributed by atoms with Crippen LogP contribution in [0.1, 0.15) is 25.7 Å². The summed E-state index contributed by atoms with van der Waals surface area (Å²) in [6.07, 6.45) is 2.62. The summed E-state index contributed by atoms with van der Waals surface area (Å²) in [5.41, 5.74) is 0.731. The van der Waals surface area contributed by atoms with Gasteiger partial charge in [0.25, 0.3) is 11.4 Å². The van der Waals surface area contributed by atoms with Gasteiger partial charge in [0.2, 0.25) is 11.8 Å². The van der Waals surface area contributed by atoms with Crippen LogP contribution < -0.4 is 21.3 Å². The van der Waals surface area contributed by atoms with Crippen molar-refractivity contribution < 1.29 is 19.4 Å². The van der Waals surface area contributed by atoms with E-state index in [0.29, 0.717) is 56.8 Å². The predicted octanol–water partition coefficient (Wildman–Crippen LogP) is 3.07. The molecule has 0 aliphatic heterocycles. The number of carbonyl (C=O) groups excluding carboxylic acids is 2. The maximum absolute atomic E-state index is 12.6. The van der Waals surface area contributed by atoms with Crippen LogP contribution in [0.3, 0.4) is 0 Å². The fourth-order valence-electron chi connectivity index (χ4n) is 4.29. The van der Waals surface area contributed by atoms with Crippen molar-refractivity contribution in [3.63, 3.8) is 0 Å². The Bertz CT molecular complexity index is 1010. The summed E-state index contributed by atoms with van der Waals surface area (Å²) in [4.78, 5) is 46.5. The first-order valence-electron chi connectivity index (χ1n) is 11.9. The molecule has 2 aromatic rings. The number of nitro groups is 2. The third-order valence-electron chi connectivity index (χ3n) is 6.10. The van der Waals surface area contributed by atoms with E-state index in [4.69, 9.17) is 0 Å². The summed E-state index contributed by atoms with van der Waals surface area (Å²) < 4.78 is 0. The van der Waals surface area contributed by atoms with E-state index in [9.17, 15) is 29.8 Å². The molecule has 2 atom stereocenters. The lowest BCUT2D eigenvalue weighted by atomic mass is 9.80. The average Bonchev–Trinajstić information content (AvgIpc) is 2.89. The Morgan fingerprint density at radius 1 is 0.722 bits per heavy atom. The molecule has 1 fully saturated rings. The molecule has 1 aliphatic carbocycles. The zero-order valence-corrected chi connectivity index (χ0v) is 19.8. The van der Waals surface area contributed by atoms with Crippen molar-refractivity contribution in [2.45, 2.75) is 25.7 Å². The molecule has 192 valence electrons. The fraction of sp³-hybridized carbons (Fsp3) is 0.417. The molecule has 2 unspecified atom stereocenters. The van der Waals surface area contributed by atoms with E-state index >= 15 is 0 Å². The van der Waals surface area contributed by atoms with Gasteiger partial charge in [-0.3, -0.25) is 29.8 Å². The van der Waals surface area contributed by atoms with Gasteiger partial charge in [-0.05, 0) is 31.4 Å². The van der Waals surface area contributed by atoms with Crippen LogP contribution in [-0.4, -0.2) is 47.8 Å². The summed E-state index contributed by atoms with van der Waals surface area (Å²) in [6, 6.07) is 12.6. The van der Waals surface area contributed by atoms with E-state index in [-0.39, 0.29) is 35.0 Å². The summed E-state index contributed by atoms with van der Waals surface area (Å²) in [5.74, 6) is -0.805. The summed E-state index contributed by atoms with van der Waals surface area (Å²) in [6.45, 7) is 1.27. The highest BCUT2D eigenvalue weighted by molar-refractivity contribution is 5.82. The van der Waals surface area contributed by atoms with Gasteiger partial charge < -0.3 is 21.3 Å². The van der Waals surface area contributed by atoms with Crippen LogP contribution in [0.2, 0.25) is 0 Å². The van der Waals surface area contributed by atoms with Crippen molar-refractivity contribution in [1.29, 1.82) is 0 Å². The Morgan fingerprint density at radius 3 is 1.56 bits per heavy atom. The highest BCUT2D eigenvalue weighted by Gasteiger charge is 2.30. The monoisotopic (exact) mass is 498 g/mol. The largest absolute Gasteiger partial charge is 0.378 e. The second kappa shape index (κ2) is 13.0. The molecule has 0 heterocycles. The number of hydrogen-bond acceptors (Lipinski definition) is 8. The van der Waals surface area contributed by atoms with E-state index in [1.54, 1.807) is 36.4 Å².